The fourth-order valence-corrected chi connectivity index (χ4v) is 4.51. The molecule has 3 rings (SSSR count). The molecule has 1 heterocycles. The van der Waals surface area contributed by atoms with E-state index in [1.165, 1.54) is 22.6 Å². The second-order valence-corrected chi connectivity index (χ2v) is 8.86. The van der Waals surface area contributed by atoms with Crippen LogP contribution in [0.25, 0.3) is 0 Å². The lowest BCUT2D eigenvalue weighted by Crippen LogP contribution is -3.13. The van der Waals surface area contributed by atoms with E-state index in [-0.39, 0.29) is 10.8 Å². The number of nitrogens with zero attached hydrogens (tertiary/aromatic N) is 1. The monoisotopic (exact) mass is 418 g/mol. The molecular formula is C21H28N3O4S+. The number of benzene rings is 2. The third-order valence-electron chi connectivity index (χ3n) is 5.12. The Morgan fingerprint density at radius 2 is 1.69 bits per heavy atom. The Kier molecular flexibility index (Phi) is 6.89. The van der Waals surface area contributed by atoms with E-state index < -0.39 is 10.0 Å². The van der Waals surface area contributed by atoms with Crippen molar-refractivity contribution in [2.75, 3.05) is 39.8 Å². The van der Waals surface area contributed by atoms with Crippen molar-refractivity contribution in [3.8, 4) is 5.75 Å². The molecule has 0 unspecified atom stereocenters. The summed E-state index contributed by atoms with van der Waals surface area (Å²) in [5, 5.41) is 0. The molecule has 0 atom stereocenters. The fraction of sp³-hybridized carbons (Fsp3) is 0.381. The van der Waals surface area contributed by atoms with Gasteiger partial charge in [-0.3, -0.25) is 4.79 Å². The highest BCUT2D eigenvalue weighted by Crippen LogP contribution is 2.13. The van der Waals surface area contributed by atoms with Gasteiger partial charge in [0, 0.05) is 17.7 Å². The maximum Gasteiger partial charge on any atom is 0.254 e. The molecule has 2 N–H and O–H groups in total. The SMILES string of the molecule is CCNS(=O)(=O)c1ccc(C(=O)N2CC[NH+](Cc3ccc(OC)cc3)CC2)cc1. The van der Waals surface area contributed by atoms with Crippen LogP contribution in [-0.2, 0) is 16.6 Å². The third-order valence-corrected chi connectivity index (χ3v) is 6.68. The molecule has 156 valence electrons. The van der Waals surface area contributed by atoms with Crippen LogP contribution in [0.5, 0.6) is 5.75 Å². The lowest BCUT2D eigenvalue weighted by Gasteiger charge is -2.32. The second kappa shape index (κ2) is 9.39. The summed E-state index contributed by atoms with van der Waals surface area (Å²) < 4.78 is 31.7. The molecule has 2 aromatic carbocycles. The van der Waals surface area contributed by atoms with Gasteiger partial charge in [-0.2, -0.15) is 0 Å². The van der Waals surface area contributed by atoms with Gasteiger partial charge in [-0.05, 0) is 48.5 Å². The van der Waals surface area contributed by atoms with Gasteiger partial charge in [-0.1, -0.05) is 6.92 Å². The summed E-state index contributed by atoms with van der Waals surface area (Å²) in [6.45, 7) is 6.10. The fourth-order valence-electron chi connectivity index (χ4n) is 3.47. The maximum atomic E-state index is 12.8. The number of sulfonamides is 1. The first-order valence-corrected chi connectivity index (χ1v) is 11.3. The molecule has 0 saturated carbocycles. The van der Waals surface area contributed by atoms with Gasteiger partial charge >= 0.3 is 0 Å². The highest BCUT2D eigenvalue weighted by Gasteiger charge is 2.25. The van der Waals surface area contributed by atoms with E-state index in [1.54, 1.807) is 26.2 Å². The first-order valence-electron chi connectivity index (χ1n) is 9.78. The van der Waals surface area contributed by atoms with Crippen molar-refractivity contribution >= 4 is 15.9 Å². The van der Waals surface area contributed by atoms with Crippen LogP contribution in [0.15, 0.2) is 53.4 Å². The van der Waals surface area contributed by atoms with Crippen LogP contribution in [0.1, 0.15) is 22.8 Å². The van der Waals surface area contributed by atoms with Crippen LogP contribution >= 0.6 is 0 Å². The van der Waals surface area contributed by atoms with Crippen LogP contribution in [0.2, 0.25) is 0 Å². The number of rotatable bonds is 7. The zero-order valence-electron chi connectivity index (χ0n) is 16.8. The van der Waals surface area contributed by atoms with Crippen LogP contribution in [0.4, 0.5) is 0 Å². The summed E-state index contributed by atoms with van der Waals surface area (Å²) in [7, 11) is -1.85. The Labute approximate surface area is 172 Å². The van der Waals surface area contributed by atoms with Crippen LogP contribution in [0.3, 0.4) is 0 Å². The zero-order chi connectivity index (χ0) is 20.9. The Bertz CT molecular complexity index is 919. The molecule has 1 fully saturated rings. The van der Waals surface area contributed by atoms with Crippen molar-refractivity contribution in [2.45, 2.75) is 18.4 Å². The largest absolute Gasteiger partial charge is 0.497 e. The number of nitrogens with one attached hydrogen (secondary N) is 2. The quantitative estimate of drug-likeness (QED) is 0.688. The number of carbonyl (C=O) groups excluding carboxylic acids is 1. The van der Waals surface area contributed by atoms with E-state index in [2.05, 4.69) is 16.9 Å². The van der Waals surface area contributed by atoms with Crippen LogP contribution in [-0.4, -0.2) is 59.1 Å². The van der Waals surface area contributed by atoms with Gasteiger partial charge in [-0.25, -0.2) is 13.1 Å². The lowest BCUT2D eigenvalue weighted by atomic mass is 10.1. The van der Waals surface area contributed by atoms with Gasteiger partial charge < -0.3 is 14.5 Å². The molecule has 1 aliphatic heterocycles. The van der Waals surface area contributed by atoms with Gasteiger partial charge in [0.15, 0.2) is 0 Å². The summed E-state index contributed by atoms with van der Waals surface area (Å²) in [5.74, 6) is 0.796. The molecule has 2 aromatic rings. The smallest absolute Gasteiger partial charge is 0.254 e. The molecule has 29 heavy (non-hydrogen) atoms. The molecule has 0 radical (unpaired) electrons. The summed E-state index contributed by atoms with van der Waals surface area (Å²) in [4.78, 5) is 16.2. The molecule has 7 nitrogen and oxygen atoms in total. The average Bonchev–Trinajstić information content (AvgIpc) is 2.74. The molecule has 0 aliphatic carbocycles. The minimum Gasteiger partial charge on any atom is -0.497 e. The highest BCUT2D eigenvalue weighted by molar-refractivity contribution is 7.89. The predicted octanol–water partition coefficient (Wildman–Crippen LogP) is 0.534. The van der Waals surface area contributed by atoms with Crippen molar-refractivity contribution in [3.63, 3.8) is 0 Å². The molecule has 1 amide bonds. The van der Waals surface area contributed by atoms with E-state index in [0.29, 0.717) is 25.2 Å². The number of quaternary nitrogens is 1. The van der Waals surface area contributed by atoms with Crippen LogP contribution < -0.4 is 14.4 Å². The number of amides is 1. The van der Waals surface area contributed by atoms with Gasteiger partial charge in [0.1, 0.15) is 12.3 Å². The van der Waals surface area contributed by atoms with Gasteiger partial charge in [0.2, 0.25) is 10.0 Å². The number of hydrogen-bond acceptors (Lipinski definition) is 4. The van der Waals surface area contributed by atoms with E-state index in [9.17, 15) is 13.2 Å². The standard InChI is InChI=1S/C21H27N3O4S/c1-3-22-29(26,27)20-10-6-18(7-11-20)21(25)24-14-12-23(13-15-24)16-17-4-8-19(28-2)9-5-17/h4-11,22H,3,12-16H2,1-2H3/p+1. The summed E-state index contributed by atoms with van der Waals surface area (Å²) in [6, 6.07) is 14.2. The number of carbonyl (C=O) groups is 1. The lowest BCUT2D eigenvalue weighted by molar-refractivity contribution is -0.917. The van der Waals surface area contributed by atoms with Crippen molar-refractivity contribution in [2.24, 2.45) is 0 Å². The van der Waals surface area contributed by atoms with Gasteiger partial charge in [0.25, 0.3) is 5.91 Å². The number of methoxy groups -OCH3 is 1. The van der Waals surface area contributed by atoms with E-state index >= 15 is 0 Å². The van der Waals surface area contributed by atoms with Gasteiger partial charge in [0.05, 0.1) is 38.2 Å². The first-order chi connectivity index (χ1) is 13.9. The summed E-state index contributed by atoms with van der Waals surface area (Å²) >= 11 is 0. The van der Waals surface area contributed by atoms with Crippen LogP contribution in [0, 0.1) is 0 Å². The van der Waals surface area contributed by atoms with E-state index in [1.807, 2.05) is 17.0 Å². The molecule has 1 saturated heterocycles. The number of ether oxygens (including phenoxy) is 1. The molecular weight excluding hydrogens is 390 g/mol. The van der Waals surface area contributed by atoms with Gasteiger partial charge in [-0.15, -0.1) is 0 Å². The second-order valence-electron chi connectivity index (χ2n) is 7.09. The Balaban J connectivity index is 1.55. The van der Waals surface area contributed by atoms with Crippen molar-refractivity contribution in [1.29, 1.82) is 0 Å². The minimum absolute atomic E-state index is 0.0547. The van der Waals surface area contributed by atoms with E-state index in [0.717, 1.165) is 25.4 Å². The molecule has 0 spiro atoms. The molecule has 1 aliphatic rings. The summed E-state index contributed by atoms with van der Waals surface area (Å²) in [5.41, 5.74) is 1.76. The predicted molar refractivity (Wildman–Crippen MR) is 111 cm³/mol. The number of hydrogen-bond donors (Lipinski definition) is 2. The topological polar surface area (TPSA) is 80.2 Å². The summed E-state index contributed by atoms with van der Waals surface area (Å²) in [6.07, 6.45) is 0. The Hall–Kier alpha value is -2.42. The van der Waals surface area contributed by atoms with Crippen molar-refractivity contribution < 1.29 is 22.8 Å². The van der Waals surface area contributed by atoms with Crippen molar-refractivity contribution in [1.82, 2.24) is 9.62 Å². The van der Waals surface area contributed by atoms with E-state index in [4.69, 9.17) is 4.74 Å². The van der Waals surface area contributed by atoms with Crippen molar-refractivity contribution in [3.05, 3.63) is 59.7 Å². The minimum atomic E-state index is -3.51. The first kappa shape index (κ1) is 21.3. The molecule has 0 bridgehead atoms. The maximum absolute atomic E-state index is 12.8. The molecule has 8 heteroatoms. The highest BCUT2D eigenvalue weighted by atomic mass is 32.2. The zero-order valence-corrected chi connectivity index (χ0v) is 17.7. The normalized spacial score (nSPS) is 15.3. The third kappa shape index (κ3) is 5.35. The Morgan fingerprint density at radius 1 is 1.07 bits per heavy atom. The average molecular weight is 419 g/mol. The Morgan fingerprint density at radius 3 is 2.24 bits per heavy atom. The number of piperazine rings is 1. The molecule has 0 aromatic heterocycles.